The molecule has 0 aromatic carbocycles. The summed E-state index contributed by atoms with van der Waals surface area (Å²) in [7, 11) is 0. The van der Waals surface area contributed by atoms with Gasteiger partial charge in [0.2, 0.25) is 11.7 Å². The molecular weight excluding hydrogens is 286 g/mol. The van der Waals surface area contributed by atoms with E-state index in [4.69, 9.17) is 9.26 Å². The molecule has 1 saturated heterocycles. The molecule has 0 saturated carbocycles. The van der Waals surface area contributed by atoms with Crippen LogP contribution in [-0.4, -0.2) is 52.4 Å². The second kappa shape index (κ2) is 6.52. The summed E-state index contributed by atoms with van der Waals surface area (Å²) < 4.78 is 10.4. The van der Waals surface area contributed by atoms with Gasteiger partial charge in [0.1, 0.15) is 11.7 Å². The van der Waals surface area contributed by atoms with Crippen LogP contribution in [0.2, 0.25) is 0 Å². The van der Waals surface area contributed by atoms with Crippen molar-refractivity contribution in [2.45, 2.75) is 13.0 Å². The first-order valence-electron chi connectivity index (χ1n) is 7.12. The standard InChI is InChI=1S/C14H17N5O3/c1-10(16-14(20)19-6-8-21-9-7-19)13-17-12(18-22-13)11-4-2-3-5-15-11/h2-5,10H,6-9H2,1H3,(H,16,20)/t10-/m1/s1. The fourth-order valence-corrected chi connectivity index (χ4v) is 2.11. The lowest BCUT2D eigenvalue weighted by Crippen LogP contribution is -2.46. The van der Waals surface area contributed by atoms with Gasteiger partial charge in [-0.25, -0.2) is 4.79 Å². The number of hydrogen-bond acceptors (Lipinski definition) is 6. The van der Waals surface area contributed by atoms with Gasteiger partial charge in [-0.2, -0.15) is 4.98 Å². The molecule has 0 radical (unpaired) electrons. The first-order chi connectivity index (χ1) is 10.7. The maximum atomic E-state index is 12.1. The normalized spacial score (nSPS) is 16.3. The molecule has 116 valence electrons. The zero-order valence-corrected chi connectivity index (χ0v) is 12.2. The van der Waals surface area contributed by atoms with E-state index in [1.54, 1.807) is 24.1 Å². The highest BCUT2D eigenvalue weighted by atomic mass is 16.5. The third-order valence-corrected chi connectivity index (χ3v) is 3.34. The van der Waals surface area contributed by atoms with Gasteiger partial charge in [0.25, 0.3) is 0 Å². The van der Waals surface area contributed by atoms with Crippen molar-refractivity contribution >= 4 is 6.03 Å². The first-order valence-corrected chi connectivity index (χ1v) is 7.12. The second-order valence-corrected chi connectivity index (χ2v) is 4.94. The van der Waals surface area contributed by atoms with Crippen LogP contribution in [0.5, 0.6) is 0 Å². The number of pyridine rings is 1. The minimum atomic E-state index is -0.375. The van der Waals surface area contributed by atoms with Gasteiger partial charge in [0, 0.05) is 19.3 Å². The number of nitrogens with one attached hydrogen (secondary N) is 1. The zero-order valence-electron chi connectivity index (χ0n) is 12.2. The Balaban J connectivity index is 1.64. The average Bonchev–Trinajstić information content (AvgIpc) is 3.06. The van der Waals surface area contributed by atoms with Crippen LogP contribution in [0.15, 0.2) is 28.9 Å². The average molecular weight is 303 g/mol. The van der Waals surface area contributed by atoms with E-state index < -0.39 is 0 Å². The molecule has 1 aliphatic heterocycles. The molecule has 8 heteroatoms. The van der Waals surface area contributed by atoms with Crippen molar-refractivity contribution in [2.75, 3.05) is 26.3 Å². The fourth-order valence-electron chi connectivity index (χ4n) is 2.11. The van der Waals surface area contributed by atoms with E-state index in [-0.39, 0.29) is 12.1 Å². The molecule has 0 bridgehead atoms. The Morgan fingerprint density at radius 3 is 2.91 bits per heavy atom. The maximum absolute atomic E-state index is 12.1. The SMILES string of the molecule is C[C@@H](NC(=O)N1CCOCC1)c1nc(-c2ccccn2)no1. The molecule has 2 aromatic heterocycles. The second-order valence-electron chi connectivity index (χ2n) is 4.94. The predicted octanol–water partition coefficient (Wildman–Crippen LogP) is 1.23. The molecule has 8 nitrogen and oxygen atoms in total. The van der Waals surface area contributed by atoms with E-state index in [0.29, 0.717) is 43.7 Å². The summed E-state index contributed by atoms with van der Waals surface area (Å²) in [4.78, 5) is 22.3. The molecule has 3 rings (SSSR count). The van der Waals surface area contributed by atoms with Gasteiger partial charge in [-0.05, 0) is 19.1 Å². The summed E-state index contributed by atoms with van der Waals surface area (Å²) >= 11 is 0. The number of carbonyl (C=O) groups excluding carboxylic acids is 1. The number of rotatable bonds is 3. The smallest absolute Gasteiger partial charge is 0.318 e. The van der Waals surface area contributed by atoms with Gasteiger partial charge >= 0.3 is 6.03 Å². The van der Waals surface area contributed by atoms with E-state index in [0.717, 1.165) is 0 Å². The van der Waals surface area contributed by atoms with E-state index in [9.17, 15) is 4.79 Å². The number of morpholine rings is 1. The number of amides is 2. The number of hydrogen-bond donors (Lipinski definition) is 1. The zero-order chi connectivity index (χ0) is 15.4. The quantitative estimate of drug-likeness (QED) is 0.916. The lowest BCUT2D eigenvalue weighted by atomic mass is 10.3. The van der Waals surface area contributed by atoms with Crippen molar-refractivity contribution in [1.29, 1.82) is 0 Å². The van der Waals surface area contributed by atoms with E-state index in [1.807, 2.05) is 12.1 Å². The van der Waals surface area contributed by atoms with Gasteiger partial charge in [0.15, 0.2) is 0 Å². The van der Waals surface area contributed by atoms with Crippen molar-refractivity contribution in [2.24, 2.45) is 0 Å². The van der Waals surface area contributed by atoms with Gasteiger partial charge in [-0.15, -0.1) is 0 Å². The Bertz CT molecular complexity index is 624. The van der Waals surface area contributed by atoms with Gasteiger partial charge in [0.05, 0.1) is 13.2 Å². The van der Waals surface area contributed by atoms with Crippen molar-refractivity contribution in [3.8, 4) is 11.5 Å². The molecule has 2 amide bonds. The van der Waals surface area contributed by atoms with Crippen molar-refractivity contribution in [3.05, 3.63) is 30.3 Å². The Labute approximate surface area is 127 Å². The largest absolute Gasteiger partial charge is 0.378 e. The summed E-state index contributed by atoms with van der Waals surface area (Å²) in [5.74, 6) is 0.755. The molecule has 3 heterocycles. The number of aromatic nitrogens is 3. The number of ether oxygens (including phenoxy) is 1. The molecule has 1 fully saturated rings. The highest BCUT2D eigenvalue weighted by Gasteiger charge is 2.22. The summed E-state index contributed by atoms with van der Waals surface area (Å²) in [6.45, 7) is 4.09. The minimum absolute atomic E-state index is 0.159. The van der Waals surface area contributed by atoms with Crippen LogP contribution in [0.4, 0.5) is 4.79 Å². The highest BCUT2D eigenvalue weighted by Crippen LogP contribution is 2.16. The van der Waals surface area contributed by atoms with Crippen molar-refractivity contribution in [3.63, 3.8) is 0 Å². The van der Waals surface area contributed by atoms with Gasteiger partial charge in [-0.1, -0.05) is 11.2 Å². The van der Waals surface area contributed by atoms with E-state index >= 15 is 0 Å². The summed E-state index contributed by atoms with van der Waals surface area (Å²) in [6, 6.07) is 4.93. The van der Waals surface area contributed by atoms with Crippen LogP contribution >= 0.6 is 0 Å². The topological polar surface area (TPSA) is 93.4 Å². The van der Waals surface area contributed by atoms with Crippen molar-refractivity contribution in [1.82, 2.24) is 25.3 Å². The molecule has 0 spiro atoms. The lowest BCUT2D eigenvalue weighted by Gasteiger charge is -2.27. The highest BCUT2D eigenvalue weighted by molar-refractivity contribution is 5.74. The van der Waals surface area contributed by atoms with Crippen LogP contribution in [0.25, 0.3) is 11.5 Å². The monoisotopic (exact) mass is 303 g/mol. The summed E-state index contributed by atoms with van der Waals surface area (Å²) in [5.41, 5.74) is 0.629. The molecule has 1 atom stereocenters. The molecule has 22 heavy (non-hydrogen) atoms. The van der Waals surface area contributed by atoms with Crippen LogP contribution in [-0.2, 0) is 4.74 Å². The predicted molar refractivity (Wildman–Crippen MR) is 76.9 cm³/mol. The Hall–Kier alpha value is -2.48. The van der Waals surface area contributed by atoms with E-state index in [2.05, 4.69) is 20.4 Å². The summed E-state index contributed by atoms with van der Waals surface area (Å²) in [5, 5.41) is 6.74. The molecule has 0 aliphatic carbocycles. The third kappa shape index (κ3) is 3.22. The Morgan fingerprint density at radius 2 is 2.18 bits per heavy atom. The molecule has 2 aromatic rings. The molecule has 0 unspecified atom stereocenters. The number of nitrogens with zero attached hydrogens (tertiary/aromatic N) is 4. The van der Waals surface area contributed by atoms with Crippen LogP contribution < -0.4 is 5.32 Å². The van der Waals surface area contributed by atoms with Gasteiger partial charge < -0.3 is 19.5 Å². The fraction of sp³-hybridized carbons (Fsp3) is 0.429. The molecule has 1 N–H and O–H groups in total. The first kappa shape index (κ1) is 14.5. The maximum Gasteiger partial charge on any atom is 0.318 e. The number of urea groups is 1. The summed E-state index contributed by atoms with van der Waals surface area (Å²) in [6.07, 6.45) is 1.66. The van der Waals surface area contributed by atoms with Crippen LogP contribution in [0.3, 0.4) is 0 Å². The molecule has 1 aliphatic rings. The Kier molecular flexibility index (Phi) is 4.29. The number of carbonyl (C=O) groups is 1. The van der Waals surface area contributed by atoms with Crippen LogP contribution in [0, 0.1) is 0 Å². The van der Waals surface area contributed by atoms with Crippen LogP contribution in [0.1, 0.15) is 18.9 Å². The third-order valence-electron chi connectivity index (χ3n) is 3.34. The minimum Gasteiger partial charge on any atom is -0.378 e. The Morgan fingerprint density at radius 1 is 1.36 bits per heavy atom. The lowest BCUT2D eigenvalue weighted by molar-refractivity contribution is 0.0523. The van der Waals surface area contributed by atoms with Crippen molar-refractivity contribution < 1.29 is 14.1 Å². The van der Waals surface area contributed by atoms with Gasteiger partial charge in [-0.3, -0.25) is 4.98 Å². The molecular formula is C14H17N5O3. The van der Waals surface area contributed by atoms with E-state index in [1.165, 1.54) is 0 Å².